The van der Waals surface area contributed by atoms with Crippen LogP contribution in [0.3, 0.4) is 0 Å². The molecule has 3 nitrogen and oxygen atoms in total. The van der Waals surface area contributed by atoms with Gasteiger partial charge < -0.3 is 5.32 Å². The number of rotatable bonds is 8. The highest BCUT2D eigenvalue weighted by atomic mass is 35.5. The molecule has 0 atom stereocenters. The number of nitrogens with one attached hydrogen (secondary N) is 1. The van der Waals surface area contributed by atoms with E-state index in [9.17, 15) is 4.79 Å². The smallest absolute Gasteiger partial charge is 0.207 e. The number of carbonyl (C=O) groups is 1. The van der Waals surface area contributed by atoms with Crippen LogP contribution in [0.15, 0.2) is 60.0 Å². The van der Waals surface area contributed by atoms with Crippen LogP contribution < -0.4 is 5.32 Å². The van der Waals surface area contributed by atoms with Gasteiger partial charge in [0.25, 0.3) is 0 Å². The molecule has 3 aromatic rings. The lowest BCUT2D eigenvalue weighted by Crippen LogP contribution is -2.02. The number of anilines is 2. The Morgan fingerprint density at radius 1 is 1.25 bits per heavy atom. The number of thiazole rings is 1. The van der Waals surface area contributed by atoms with Crippen molar-refractivity contribution in [3.8, 4) is 0 Å². The number of hydrogen-bond donors (Lipinski definition) is 1. The molecule has 0 bridgehead atoms. The summed E-state index contributed by atoms with van der Waals surface area (Å²) in [6.07, 6.45) is 2.88. The maximum atomic E-state index is 12.9. The fourth-order valence-corrected chi connectivity index (χ4v) is 4.94. The lowest BCUT2D eigenvalue weighted by atomic mass is 10.1. The fraction of sp³-hybridized carbons (Fsp3) is 0.143. The van der Waals surface area contributed by atoms with Crippen molar-refractivity contribution in [1.82, 2.24) is 4.98 Å². The van der Waals surface area contributed by atoms with Gasteiger partial charge in [-0.1, -0.05) is 52.7 Å². The van der Waals surface area contributed by atoms with Gasteiger partial charge in [0.1, 0.15) is 4.88 Å². The van der Waals surface area contributed by atoms with Crippen LogP contribution in [0.1, 0.15) is 27.3 Å². The highest BCUT2D eigenvalue weighted by molar-refractivity contribution is 7.99. The number of allylic oxidation sites excluding steroid dienone is 1. The van der Waals surface area contributed by atoms with Crippen LogP contribution >= 0.6 is 46.3 Å². The molecule has 0 aliphatic rings. The molecule has 7 heteroatoms. The standard InChI is InChI=1S/C21H18Cl2N2OS2/c1-3-4-11-27-15-8-5-7-14(12-15)25-21-24-13(2)20(28-21)19(26)18-16(22)9-6-10-17(18)23/h3,5-10,12H,1,4,11H2,2H3,(H,24,25). The highest BCUT2D eigenvalue weighted by Crippen LogP contribution is 2.33. The van der Waals surface area contributed by atoms with Gasteiger partial charge in [-0.2, -0.15) is 0 Å². The molecular weight excluding hydrogens is 431 g/mol. The SMILES string of the molecule is C=CCCSc1cccc(Nc2nc(C)c(C(=O)c3c(Cl)cccc3Cl)s2)c1. The second-order valence-corrected chi connectivity index (χ2v) is 8.92. The Morgan fingerprint density at radius 2 is 1.96 bits per heavy atom. The van der Waals surface area contributed by atoms with Crippen LogP contribution in [0.5, 0.6) is 0 Å². The molecule has 0 fully saturated rings. The molecule has 2 aromatic carbocycles. The number of thioether (sulfide) groups is 1. The average molecular weight is 449 g/mol. The number of ketones is 1. The molecule has 0 saturated heterocycles. The quantitative estimate of drug-likeness (QED) is 0.168. The second kappa shape index (κ2) is 9.61. The van der Waals surface area contributed by atoms with E-state index in [1.807, 2.05) is 18.2 Å². The van der Waals surface area contributed by atoms with Gasteiger partial charge in [-0.3, -0.25) is 4.79 Å². The zero-order valence-corrected chi connectivity index (χ0v) is 18.3. The van der Waals surface area contributed by atoms with Gasteiger partial charge in [0, 0.05) is 16.3 Å². The molecule has 1 aromatic heterocycles. The first kappa shape index (κ1) is 20.9. The zero-order valence-electron chi connectivity index (χ0n) is 15.2. The van der Waals surface area contributed by atoms with Crippen molar-refractivity contribution in [3.05, 3.63) is 81.3 Å². The van der Waals surface area contributed by atoms with Gasteiger partial charge in [-0.05, 0) is 43.7 Å². The normalized spacial score (nSPS) is 10.7. The van der Waals surface area contributed by atoms with Gasteiger partial charge in [0.15, 0.2) is 5.13 Å². The molecule has 28 heavy (non-hydrogen) atoms. The van der Waals surface area contributed by atoms with E-state index in [0.29, 0.717) is 31.3 Å². The Morgan fingerprint density at radius 3 is 2.68 bits per heavy atom. The largest absolute Gasteiger partial charge is 0.331 e. The van der Waals surface area contributed by atoms with Gasteiger partial charge in [-0.15, -0.1) is 18.3 Å². The topological polar surface area (TPSA) is 42.0 Å². The third-order valence-corrected chi connectivity index (χ3v) is 6.60. The van der Waals surface area contributed by atoms with Crippen LogP contribution in [0.2, 0.25) is 10.0 Å². The molecule has 0 aliphatic heterocycles. The van der Waals surface area contributed by atoms with E-state index < -0.39 is 0 Å². The van der Waals surface area contributed by atoms with Crippen molar-refractivity contribution >= 4 is 62.9 Å². The minimum atomic E-state index is -0.215. The van der Waals surface area contributed by atoms with Crippen LogP contribution in [0.25, 0.3) is 0 Å². The Labute approximate surface area is 182 Å². The van der Waals surface area contributed by atoms with Gasteiger partial charge in [-0.25, -0.2) is 4.98 Å². The molecule has 0 saturated carbocycles. The lowest BCUT2D eigenvalue weighted by Gasteiger charge is -2.05. The van der Waals surface area contributed by atoms with E-state index in [0.717, 1.165) is 17.9 Å². The van der Waals surface area contributed by atoms with Gasteiger partial charge >= 0.3 is 0 Å². The van der Waals surface area contributed by atoms with E-state index in [4.69, 9.17) is 23.2 Å². The molecule has 1 heterocycles. The predicted octanol–water partition coefficient (Wildman–Crippen LogP) is 7.40. The first-order valence-electron chi connectivity index (χ1n) is 8.56. The zero-order chi connectivity index (χ0) is 20.1. The molecule has 144 valence electrons. The molecule has 3 rings (SSSR count). The molecule has 0 unspecified atom stereocenters. The van der Waals surface area contributed by atoms with Crippen molar-refractivity contribution in [3.63, 3.8) is 0 Å². The van der Waals surface area contributed by atoms with Crippen molar-refractivity contribution in [2.75, 3.05) is 11.1 Å². The van der Waals surface area contributed by atoms with E-state index in [2.05, 4.69) is 29.0 Å². The lowest BCUT2D eigenvalue weighted by molar-refractivity contribution is 0.104. The molecule has 0 radical (unpaired) electrons. The Kier molecular flexibility index (Phi) is 7.18. The van der Waals surface area contributed by atoms with Crippen molar-refractivity contribution in [2.45, 2.75) is 18.2 Å². The molecule has 1 N–H and O–H groups in total. The number of carbonyl (C=O) groups excluding carboxylic acids is 1. The number of aryl methyl sites for hydroxylation is 1. The van der Waals surface area contributed by atoms with Gasteiger partial charge in [0.2, 0.25) is 5.78 Å². The van der Waals surface area contributed by atoms with Crippen LogP contribution in [0, 0.1) is 6.92 Å². The monoisotopic (exact) mass is 448 g/mol. The van der Waals surface area contributed by atoms with Crippen molar-refractivity contribution in [2.24, 2.45) is 0 Å². The molecular formula is C21H18Cl2N2OS2. The summed E-state index contributed by atoms with van der Waals surface area (Å²) < 4.78 is 0. The Bertz CT molecular complexity index is 997. The minimum absolute atomic E-state index is 0.215. The fourth-order valence-electron chi connectivity index (χ4n) is 2.54. The van der Waals surface area contributed by atoms with E-state index >= 15 is 0 Å². The van der Waals surface area contributed by atoms with Crippen molar-refractivity contribution < 1.29 is 4.79 Å². The summed E-state index contributed by atoms with van der Waals surface area (Å²) in [5, 5.41) is 4.61. The van der Waals surface area contributed by atoms with E-state index in [1.165, 1.54) is 16.2 Å². The Balaban J connectivity index is 1.80. The maximum Gasteiger partial charge on any atom is 0.207 e. The first-order valence-corrected chi connectivity index (χ1v) is 11.1. The minimum Gasteiger partial charge on any atom is -0.331 e. The number of nitrogens with zero attached hydrogens (tertiary/aromatic N) is 1. The number of aromatic nitrogens is 1. The molecule has 0 aliphatic carbocycles. The third kappa shape index (κ3) is 4.97. The van der Waals surface area contributed by atoms with Crippen molar-refractivity contribution in [1.29, 1.82) is 0 Å². The van der Waals surface area contributed by atoms with E-state index in [1.54, 1.807) is 36.9 Å². The summed E-state index contributed by atoms with van der Waals surface area (Å²) >= 11 is 15.4. The van der Waals surface area contributed by atoms with Crippen LogP contribution in [-0.2, 0) is 0 Å². The summed E-state index contributed by atoms with van der Waals surface area (Å²) in [6.45, 7) is 5.55. The summed E-state index contributed by atoms with van der Waals surface area (Å²) in [4.78, 5) is 19.1. The maximum absolute atomic E-state index is 12.9. The summed E-state index contributed by atoms with van der Waals surface area (Å²) in [7, 11) is 0. The Hall–Kier alpha value is -1.79. The van der Waals surface area contributed by atoms with Crippen LogP contribution in [0.4, 0.5) is 10.8 Å². The van der Waals surface area contributed by atoms with Gasteiger partial charge in [0.05, 0.1) is 21.3 Å². The molecule has 0 spiro atoms. The number of benzene rings is 2. The molecule has 0 amide bonds. The predicted molar refractivity (Wildman–Crippen MR) is 122 cm³/mol. The highest BCUT2D eigenvalue weighted by Gasteiger charge is 2.22. The van der Waals surface area contributed by atoms with Crippen LogP contribution in [-0.4, -0.2) is 16.5 Å². The summed E-state index contributed by atoms with van der Waals surface area (Å²) in [6, 6.07) is 13.1. The van der Waals surface area contributed by atoms with E-state index in [-0.39, 0.29) is 5.78 Å². The summed E-state index contributed by atoms with van der Waals surface area (Å²) in [5.41, 5.74) is 1.88. The number of halogens is 2. The average Bonchev–Trinajstić information content (AvgIpc) is 3.02. The third-order valence-electron chi connectivity index (χ3n) is 3.87. The number of hydrogen-bond acceptors (Lipinski definition) is 5. The first-order chi connectivity index (χ1) is 13.5. The summed E-state index contributed by atoms with van der Waals surface area (Å²) in [5.74, 6) is 0.771. The second-order valence-electron chi connectivity index (χ2n) is 5.94.